The number of sulfonamides is 1. The normalized spacial score (nSPS) is 31.9. The molecule has 0 aromatic heterocycles. The number of nitrogens with zero attached hydrogens (tertiary/aromatic N) is 1. The van der Waals surface area contributed by atoms with Crippen LogP contribution in [0, 0.1) is 0 Å². The lowest BCUT2D eigenvalue weighted by atomic mass is 9.71. The van der Waals surface area contributed by atoms with Crippen molar-refractivity contribution in [2.75, 3.05) is 13.2 Å². The summed E-state index contributed by atoms with van der Waals surface area (Å²) in [6.45, 7) is 8.90. The first-order valence-electron chi connectivity index (χ1n) is 8.98. The maximum atomic E-state index is 12.8. The van der Waals surface area contributed by atoms with Gasteiger partial charge in [0.2, 0.25) is 10.0 Å². The zero-order valence-corrected chi connectivity index (χ0v) is 16.6. The van der Waals surface area contributed by atoms with Crippen LogP contribution in [0.5, 0.6) is 0 Å². The molecule has 0 bridgehead atoms. The summed E-state index contributed by atoms with van der Waals surface area (Å²) in [5, 5.41) is 0. The molecule has 3 rings (SSSR count). The summed E-state index contributed by atoms with van der Waals surface area (Å²) in [6, 6.07) is -0.150. The molecule has 0 aromatic rings. The molecule has 0 aliphatic carbocycles. The van der Waals surface area contributed by atoms with E-state index in [4.69, 9.17) is 19.8 Å². The maximum Gasteiger partial charge on any atom is 0.470 e. The molecular weight excluding hydrogens is 357 g/mol. The number of hydrogen-bond donors (Lipinski definition) is 2. The predicted molar refractivity (Wildman–Crippen MR) is 100 cm³/mol. The van der Waals surface area contributed by atoms with Crippen molar-refractivity contribution in [1.82, 2.24) is 4.72 Å². The van der Waals surface area contributed by atoms with Crippen LogP contribution in [0.1, 0.15) is 40.5 Å². The van der Waals surface area contributed by atoms with Gasteiger partial charge < -0.3 is 19.8 Å². The van der Waals surface area contributed by atoms with Gasteiger partial charge in [-0.25, -0.2) is 13.1 Å². The van der Waals surface area contributed by atoms with E-state index in [0.29, 0.717) is 26.1 Å². The number of nitrogens with two attached hydrogens (primary N) is 1. The lowest BCUT2D eigenvalue weighted by Gasteiger charge is -2.32. The number of hydrogen-bond acceptors (Lipinski definition) is 7. The van der Waals surface area contributed by atoms with Gasteiger partial charge in [0.05, 0.1) is 16.1 Å². The SMILES string of the molecule is CC1(C)OB(C2C=NC(N)C(S(=O)(=O)NC3CCOCC3)=C2)OC1(C)C. The second-order valence-electron chi connectivity index (χ2n) is 8.02. The van der Waals surface area contributed by atoms with Crippen LogP contribution in [0.3, 0.4) is 0 Å². The van der Waals surface area contributed by atoms with Crippen LogP contribution in [0.15, 0.2) is 16.0 Å². The average Bonchev–Trinajstić information content (AvgIpc) is 2.76. The number of aliphatic imine (C=N–C) groups is 1. The third kappa shape index (κ3) is 3.90. The molecule has 0 aromatic carbocycles. The van der Waals surface area contributed by atoms with E-state index in [1.807, 2.05) is 27.7 Å². The van der Waals surface area contributed by atoms with Crippen LogP contribution < -0.4 is 10.5 Å². The molecule has 2 saturated heterocycles. The second kappa shape index (κ2) is 6.99. The summed E-state index contributed by atoms with van der Waals surface area (Å²) in [5.74, 6) is -0.419. The van der Waals surface area contributed by atoms with Crippen molar-refractivity contribution in [3.63, 3.8) is 0 Å². The predicted octanol–water partition coefficient (Wildman–Crippen LogP) is 0.800. The third-order valence-corrected chi connectivity index (χ3v) is 7.15. The zero-order valence-electron chi connectivity index (χ0n) is 15.8. The number of rotatable bonds is 4. The van der Waals surface area contributed by atoms with Gasteiger partial charge in [0.25, 0.3) is 0 Å². The Kier molecular flexibility index (Phi) is 5.37. The van der Waals surface area contributed by atoms with Gasteiger partial charge in [-0.3, -0.25) is 4.99 Å². The van der Waals surface area contributed by atoms with E-state index in [2.05, 4.69) is 9.71 Å². The summed E-state index contributed by atoms with van der Waals surface area (Å²) in [4.78, 5) is 4.23. The van der Waals surface area contributed by atoms with Crippen molar-refractivity contribution in [1.29, 1.82) is 0 Å². The highest BCUT2D eigenvalue weighted by molar-refractivity contribution is 7.93. The molecule has 2 fully saturated rings. The van der Waals surface area contributed by atoms with Gasteiger partial charge in [-0.2, -0.15) is 0 Å². The Balaban J connectivity index is 1.78. The quantitative estimate of drug-likeness (QED) is 0.693. The molecular formula is C16H28BN3O5S. The van der Waals surface area contributed by atoms with Crippen molar-refractivity contribution in [2.45, 2.75) is 69.8 Å². The Morgan fingerprint density at radius 3 is 2.35 bits per heavy atom. The van der Waals surface area contributed by atoms with E-state index in [0.717, 1.165) is 0 Å². The van der Waals surface area contributed by atoms with Gasteiger partial charge in [0.15, 0.2) is 0 Å². The highest BCUT2D eigenvalue weighted by atomic mass is 32.2. The molecule has 3 heterocycles. The first-order chi connectivity index (χ1) is 12.0. The molecule has 2 atom stereocenters. The lowest BCUT2D eigenvalue weighted by molar-refractivity contribution is 0.00578. The van der Waals surface area contributed by atoms with Crippen molar-refractivity contribution in [2.24, 2.45) is 10.7 Å². The van der Waals surface area contributed by atoms with E-state index in [1.54, 1.807) is 12.3 Å². The number of nitrogens with one attached hydrogen (secondary N) is 1. The first kappa shape index (κ1) is 20.0. The van der Waals surface area contributed by atoms with Crippen LogP contribution in [0.4, 0.5) is 0 Å². The largest absolute Gasteiger partial charge is 0.470 e. The molecule has 146 valence electrons. The van der Waals surface area contributed by atoms with Crippen LogP contribution in [-0.4, -0.2) is 58.4 Å². The minimum atomic E-state index is -3.75. The van der Waals surface area contributed by atoms with E-state index >= 15 is 0 Å². The fourth-order valence-corrected chi connectivity index (χ4v) is 4.67. The molecule has 10 heteroatoms. The standard InChI is InChI=1S/C16H28BN3O5S/c1-15(2)16(3,4)25-17(24-15)11-9-13(14(18)19-10-11)26(21,22)20-12-5-7-23-8-6-12/h9-12,14,20H,5-8,18H2,1-4H3. The highest BCUT2D eigenvalue weighted by Crippen LogP contribution is 2.41. The van der Waals surface area contributed by atoms with Crippen LogP contribution in [-0.2, 0) is 24.1 Å². The summed E-state index contributed by atoms with van der Waals surface area (Å²) in [7, 11) is -4.35. The van der Waals surface area contributed by atoms with Crippen LogP contribution in [0.25, 0.3) is 0 Å². The van der Waals surface area contributed by atoms with Crippen molar-refractivity contribution in [3.05, 3.63) is 11.0 Å². The van der Waals surface area contributed by atoms with Gasteiger partial charge in [-0.1, -0.05) is 6.08 Å². The van der Waals surface area contributed by atoms with E-state index < -0.39 is 40.3 Å². The Morgan fingerprint density at radius 2 is 1.77 bits per heavy atom. The maximum absolute atomic E-state index is 12.8. The fraction of sp³-hybridized carbons (Fsp3) is 0.812. The molecule has 0 amide bonds. The molecule has 3 aliphatic heterocycles. The van der Waals surface area contributed by atoms with Gasteiger partial charge in [-0.15, -0.1) is 0 Å². The Morgan fingerprint density at radius 1 is 1.19 bits per heavy atom. The summed E-state index contributed by atoms with van der Waals surface area (Å²) < 4.78 is 45.7. The number of ether oxygens (including phenoxy) is 1. The van der Waals surface area contributed by atoms with E-state index in [9.17, 15) is 8.42 Å². The van der Waals surface area contributed by atoms with Crippen molar-refractivity contribution >= 4 is 23.4 Å². The van der Waals surface area contributed by atoms with Gasteiger partial charge in [-0.05, 0) is 40.5 Å². The molecule has 3 N–H and O–H groups in total. The summed E-state index contributed by atoms with van der Waals surface area (Å²) in [6.07, 6.45) is 3.57. The lowest BCUT2D eigenvalue weighted by Crippen LogP contribution is -2.43. The molecule has 3 aliphatic rings. The zero-order chi connectivity index (χ0) is 19.2. The average molecular weight is 385 g/mol. The van der Waals surface area contributed by atoms with Crippen LogP contribution in [0.2, 0.25) is 5.82 Å². The van der Waals surface area contributed by atoms with Crippen molar-refractivity contribution < 1.29 is 22.5 Å². The van der Waals surface area contributed by atoms with Gasteiger partial charge in [0, 0.05) is 31.3 Å². The molecule has 26 heavy (non-hydrogen) atoms. The molecule has 0 spiro atoms. The second-order valence-corrected chi connectivity index (χ2v) is 9.74. The van der Waals surface area contributed by atoms with Crippen LogP contribution >= 0.6 is 0 Å². The monoisotopic (exact) mass is 385 g/mol. The molecule has 0 radical (unpaired) electrons. The van der Waals surface area contributed by atoms with E-state index in [-0.39, 0.29) is 10.9 Å². The Labute approximate surface area is 155 Å². The number of allylic oxidation sites excluding steroid dienone is 1. The molecule has 0 saturated carbocycles. The van der Waals surface area contributed by atoms with E-state index in [1.165, 1.54) is 0 Å². The smallest absolute Gasteiger partial charge is 0.403 e. The minimum Gasteiger partial charge on any atom is -0.403 e. The summed E-state index contributed by atoms with van der Waals surface area (Å²) in [5.41, 5.74) is 4.94. The highest BCUT2D eigenvalue weighted by Gasteiger charge is 2.53. The Bertz CT molecular complexity index is 685. The topological polar surface area (TPSA) is 112 Å². The fourth-order valence-electron chi connectivity index (χ4n) is 3.14. The number of dihydropyridines is 1. The van der Waals surface area contributed by atoms with Crippen molar-refractivity contribution in [3.8, 4) is 0 Å². The molecule has 2 unspecified atom stereocenters. The minimum absolute atomic E-state index is 0.0613. The Hall–Kier alpha value is -0.775. The molecule has 8 nitrogen and oxygen atoms in total. The summed E-state index contributed by atoms with van der Waals surface area (Å²) >= 11 is 0. The first-order valence-corrected chi connectivity index (χ1v) is 10.5. The van der Waals surface area contributed by atoms with Gasteiger partial charge in [0.1, 0.15) is 6.17 Å². The third-order valence-electron chi connectivity index (χ3n) is 5.51. The van der Waals surface area contributed by atoms with Gasteiger partial charge >= 0.3 is 7.12 Å².